The molecule has 0 atom stereocenters. The Hall–Kier alpha value is -2.36. The summed E-state index contributed by atoms with van der Waals surface area (Å²) in [6.45, 7) is 0.237. The van der Waals surface area contributed by atoms with Crippen LogP contribution in [0.3, 0.4) is 0 Å². The molecule has 1 aliphatic rings. The molecular weight excluding hydrogens is 380 g/mol. The fraction of sp³-hybridized carbons (Fsp3) is 0.250. The maximum atomic E-state index is 13.0. The van der Waals surface area contributed by atoms with Crippen molar-refractivity contribution in [3.8, 4) is 5.75 Å². The van der Waals surface area contributed by atoms with E-state index in [1.165, 1.54) is 34.1 Å². The summed E-state index contributed by atoms with van der Waals surface area (Å²) in [6.07, 6.45) is 1.91. The monoisotopic (exact) mass is 394 g/mol. The fourth-order valence-corrected chi connectivity index (χ4v) is 4.82. The standard InChI is InChI=1S/C16H15ClN4O4S/c1-25-14-3-2-10(8-12(14)17)26(23,24)20-7-5-11-13(9-20)19-15-4-6-18-21(15)16(11)22/h2-4,6,8,18H,5,7,9H2,1H3. The van der Waals surface area contributed by atoms with Gasteiger partial charge in [-0.05, 0) is 24.6 Å². The van der Waals surface area contributed by atoms with Gasteiger partial charge in [-0.1, -0.05) is 11.6 Å². The van der Waals surface area contributed by atoms with Gasteiger partial charge in [0.2, 0.25) is 10.0 Å². The quantitative estimate of drug-likeness (QED) is 0.724. The van der Waals surface area contributed by atoms with Crippen molar-refractivity contribution in [2.45, 2.75) is 17.9 Å². The molecule has 1 aromatic carbocycles. The molecule has 26 heavy (non-hydrogen) atoms. The molecule has 0 saturated heterocycles. The fourth-order valence-electron chi connectivity index (χ4n) is 3.07. The number of aromatic nitrogens is 3. The topological polar surface area (TPSA) is 96.8 Å². The van der Waals surface area contributed by atoms with Gasteiger partial charge in [0.25, 0.3) is 5.56 Å². The van der Waals surface area contributed by atoms with Crippen molar-refractivity contribution in [2.75, 3.05) is 13.7 Å². The van der Waals surface area contributed by atoms with E-state index >= 15 is 0 Å². The number of H-pyrrole nitrogens is 1. The molecule has 3 aromatic rings. The molecule has 0 spiro atoms. The summed E-state index contributed by atoms with van der Waals surface area (Å²) in [6, 6.07) is 6.00. The predicted octanol–water partition coefficient (Wildman–Crippen LogP) is 1.43. The van der Waals surface area contributed by atoms with E-state index in [0.29, 0.717) is 29.1 Å². The van der Waals surface area contributed by atoms with Crippen molar-refractivity contribution in [1.29, 1.82) is 0 Å². The van der Waals surface area contributed by atoms with Gasteiger partial charge in [0.15, 0.2) is 5.65 Å². The van der Waals surface area contributed by atoms with Gasteiger partial charge in [-0.3, -0.25) is 9.89 Å². The number of aromatic amines is 1. The van der Waals surface area contributed by atoms with Crippen LogP contribution < -0.4 is 10.3 Å². The number of halogens is 1. The number of ether oxygens (including phenoxy) is 1. The molecule has 0 amide bonds. The normalized spacial score (nSPS) is 15.2. The van der Waals surface area contributed by atoms with Crippen LogP contribution in [0.15, 0.2) is 40.2 Å². The molecule has 136 valence electrons. The highest BCUT2D eigenvalue weighted by Gasteiger charge is 2.31. The number of sulfonamides is 1. The van der Waals surface area contributed by atoms with E-state index in [-0.39, 0.29) is 28.6 Å². The number of methoxy groups -OCH3 is 1. The number of nitrogens with zero attached hydrogens (tertiary/aromatic N) is 3. The molecule has 8 nitrogen and oxygen atoms in total. The third-order valence-corrected chi connectivity index (χ3v) is 6.56. The van der Waals surface area contributed by atoms with Crippen molar-refractivity contribution in [2.24, 2.45) is 0 Å². The number of nitrogens with one attached hydrogen (secondary N) is 1. The van der Waals surface area contributed by atoms with Crippen molar-refractivity contribution >= 4 is 27.3 Å². The Kier molecular flexibility index (Phi) is 4.02. The third-order valence-electron chi connectivity index (χ3n) is 4.42. The largest absolute Gasteiger partial charge is 0.495 e. The molecule has 2 aromatic heterocycles. The van der Waals surface area contributed by atoms with Gasteiger partial charge in [0.05, 0.1) is 29.3 Å². The second kappa shape index (κ2) is 6.11. The minimum absolute atomic E-state index is 0.0399. The highest BCUT2D eigenvalue weighted by atomic mass is 35.5. The van der Waals surface area contributed by atoms with Crippen LogP contribution >= 0.6 is 11.6 Å². The summed E-state index contributed by atoms with van der Waals surface area (Å²) in [5, 5.41) is 3.02. The van der Waals surface area contributed by atoms with E-state index in [0.717, 1.165) is 0 Å². The number of fused-ring (bicyclic) bond motifs is 2. The summed E-state index contributed by atoms with van der Waals surface area (Å²) in [4.78, 5) is 17.0. The van der Waals surface area contributed by atoms with Crippen molar-refractivity contribution < 1.29 is 13.2 Å². The summed E-state index contributed by atoms with van der Waals surface area (Å²) in [5.41, 5.74) is 1.27. The van der Waals surface area contributed by atoms with E-state index < -0.39 is 10.0 Å². The van der Waals surface area contributed by atoms with Gasteiger partial charge < -0.3 is 4.74 Å². The molecule has 0 aliphatic carbocycles. The lowest BCUT2D eigenvalue weighted by atomic mass is 10.1. The summed E-state index contributed by atoms with van der Waals surface area (Å²) >= 11 is 6.06. The summed E-state index contributed by atoms with van der Waals surface area (Å²) in [7, 11) is -2.31. The lowest BCUT2D eigenvalue weighted by Gasteiger charge is -2.27. The van der Waals surface area contributed by atoms with Gasteiger partial charge in [-0.15, -0.1) is 0 Å². The van der Waals surface area contributed by atoms with E-state index in [1.54, 1.807) is 12.3 Å². The Morgan fingerprint density at radius 1 is 1.31 bits per heavy atom. The molecule has 1 aliphatic heterocycles. The first-order valence-electron chi connectivity index (χ1n) is 7.83. The number of benzene rings is 1. The highest BCUT2D eigenvalue weighted by molar-refractivity contribution is 7.89. The zero-order chi connectivity index (χ0) is 18.5. The Morgan fingerprint density at radius 2 is 2.12 bits per heavy atom. The van der Waals surface area contributed by atoms with Gasteiger partial charge >= 0.3 is 0 Å². The van der Waals surface area contributed by atoms with Crippen LogP contribution in [0, 0.1) is 0 Å². The van der Waals surface area contributed by atoms with Gasteiger partial charge in [-0.25, -0.2) is 17.9 Å². The first kappa shape index (κ1) is 17.1. The Morgan fingerprint density at radius 3 is 2.85 bits per heavy atom. The van der Waals surface area contributed by atoms with Crippen molar-refractivity contribution in [3.05, 3.63) is 57.1 Å². The van der Waals surface area contributed by atoms with Crippen molar-refractivity contribution in [3.63, 3.8) is 0 Å². The van der Waals surface area contributed by atoms with Crippen LogP contribution in [0.4, 0.5) is 0 Å². The maximum Gasteiger partial charge on any atom is 0.276 e. The molecule has 3 heterocycles. The molecule has 0 bridgehead atoms. The van der Waals surface area contributed by atoms with Gasteiger partial charge in [-0.2, -0.15) is 4.31 Å². The first-order chi connectivity index (χ1) is 12.4. The molecule has 0 fully saturated rings. The Balaban J connectivity index is 1.73. The number of rotatable bonds is 3. The van der Waals surface area contributed by atoms with Crippen molar-refractivity contribution in [1.82, 2.24) is 18.9 Å². The van der Waals surface area contributed by atoms with Crippen LogP contribution in [0.5, 0.6) is 5.75 Å². The SMILES string of the molecule is COc1ccc(S(=O)(=O)N2CCc3c(nc4cc[nH]n4c3=O)C2)cc1Cl. The predicted molar refractivity (Wildman–Crippen MR) is 95.1 cm³/mol. The van der Waals surface area contributed by atoms with E-state index in [2.05, 4.69) is 10.1 Å². The Bertz CT molecular complexity index is 1170. The maximum absolute atomic E-state index is 13.0. The van der Waals surface area contributed by atoms with Crippen LogP contribution in [0.1, 0.15) is 11.3 Å². The average Bonchev–Trinajstić information content (AvgIpc) is 3.10. The average molecular weight is 395 g/mol. The van der Waals surface area contributed by atoms with E-state index in [9.17, 15) is 13.2 Å². The second-order valence-corrected chi connectivity index (χ2v) is 8.23. The van der Waals surface area contributed by atoms with Gasteiger partial charge in [0.1, 0.15) is 5.75 Å². The van der Waals surface area contributed by atoms with E-state index in [1.807, 2.05) is 0 Å². The highest BCUT2D eigenvalue weighted by Crippen LogP contribution is 2.30. The Labute approximate surface area is 154 Å². The van der Waals surface area contributed by atoms with Gasteiger partial charge in [0, 0.05) is 24.4 Å². The molecule has 0 saturated carbocycles. The molecule has 10 heteroatoms. The first-order valence-corrected chi connectivity index (χ1v) is 9.65. The molecule has 0 radical (unpaired) electrons. The van der Waals surface area contributed by atoms with Crippen LogP contribution in [0.25, 0.3) is 5.65 Å². The molecule has 1 N–H and O–H groups in total. The minimum Gasteiger partial charge on any atom is -0.495 e. The number of hydrogen-bond donors (Lipinski definition) is 1. The minimum atomic E-state index is -3.77. The number of hydrogen-bond acceptors (Lipinski definition) is 5. The smallest absolute Gasteiger partial charge is 0.276 e. The summed E-state index contributed by atoms with van der Waals surface area (Å²) in [5.74, 6) is 0.402. The second-order valence-electron chi connectivity index (χ2n) is 5.88. The molecule has 4 rings (SSSR count). The molecular formula is C16H15ClN4O4S. The third kappa shape index (κ3) is 2.59. The van der Waals surface area contributed by atoms with E-state index in [4.69, 9.17) is 16.3 Å². The zero-order valence-electron chi connectivity index (χ0n) is 13.8. The summed E-state index contributed by atoms with van der Waals surface area (Å²) < 4.78 is 33.6. The molecule has 0 unspecified atom stereocenters. The van der Waals surface area contributed by atoms with Crippen LogP contribution in [-0.4, -0.2) is 41.0 Å². The lowest BCUT2D eigenvalue weighted by molar-refractivity contribution is 0.383. The van der Waals surface area contributed by atoms with Crippen LogP contribution in [0.2, 0.25) is 5.02 Å². The lowest BCUT2D eigenvalue weighted by Crippen LogP contribution is -2.39. The van der Waals surface area contributed by atoms with Crippen LogP contribution in [-0.2, 0) is 23.0 Å². The zero-order valence-corrected chi connectivity index (χ0v) is 15.3.